The lowest BCUT2D eigenvalue weighted by Crippen LogP contribution is -2.15. The summed E-state index contributed by atoms with van der Waals surface area (Å²) >= 11 is 0. The lowest BCUT2D eigenvalue weighted by molar-refractivity contribution is -0.139. The van der Waals surface area contributed by atoms with Gasteiger partial charge >= 0.3 is 5.97 Å². The molecule has 0 amide bonds. The zero-order valence-electron chi connectivity index (χ0n) is 8.04. The lowest BCUT2D eigenvalue weighted by Gasteiger charge is -2.11. The molecule has 1 atom stereocenters. The van der Waals surface area contributed by atoms with E-state index in [0.29, 0.717) is 12.5 Å². The van der Waals surface area contributed by atoms with Crippen LogP contribution < -0.4 is 0 Å². The van der Waals surface area contributed by atoms with Crippen LogP contribution in [0.2, 0.25) is 0 Å². The fraction of sp³-hybridized carbons (Fsp3) is 0.889. The number of rotatable bonds is 6. The van der Waals surface area contributed by atoms with Crippen molar-refractivity contribution in [3.8, 4) is 0 Å². The average molecular weight is 174 g/mol. The summed E-state index contributed by atoms with van der Waals surface area (Å²) in [5, 5.41) is 8.41. The van der Waals surface area contributed by atoms with Crippen LogP contribution in [0.15, 0.2) is 0 Å². The van der Waals surface area contributed by atoms with Crippen molar-refractivity contribution in [2.45, 2.75) is 39.7 Å². The van der Waals surface area contributed by atoms with E-state index in [-0.39, 0.29) is 12.5 Å². The summed E-state index contributed by atoms with van der Waals surface area (Å²) in [6.07, 6.45) is 0.920. The minimum absolute atomic E-state index is 0.0953. The first-order valence-corrected chi connectivity index (χ1v) is 4.35. The van der Waals surface area contributed by atoms with Crippen LogP contribution in [0.1, 0.15) is 33.6 Å². The van der Waals surface area contributed by atoms with Crippen LogP contribution >= 0.6 is 0 Å². The minimum atomic E-state index is -0.799. The van der Waals surface area contributed by atoms with Gasteiger partial charge in [-0.05, 0) is 19.3 Å². The topological polar surface area (TPSA) is 46.5 Å². The molecule has 0 spiro atoms. The van der Waals surface area contributed by atoms with Gasteiger partial charge in [-0.3, -0.25) is 4.79 Å². The Balaban J connectivity index is 3.31. The van der Waals surface area contributed by atoms with E-state index in [1.54, 1.807) is 6.92 Å². The molecule has 12 heavy (non-hydrogen) atoms. The molecule has 0 aliphatic rings. The fourth-order valence-corrected chi connectivity index (χ4v) is 0.810. The van der Waals surface area contributed by atoms with E-state index in [0.717, 1.165) is 6.42 Å². The summed E-state index contributed by atoms with van der Waals surface area (Å²) in [6.45, 7) is 6.68. The molecule has 0 radical (unpaired) electrons. The first-order valence-electron chi connectivity index (χ1n) is 4.35. The SMILES string of the molecule is CC(C)CCO[C@H](C)CC(=O)O. The van der Waals surface area contributed by atoms with Gasteiger partial charge in [0, 0.05) is 6.61 Å². The number of carboxylic acids is 1. The Bertz CT molecular complexity index is 132. The van der Waals surface area contributed by atoms with E-state index >= 15 is 0 Å². The second-order valence-corrected chi connectivity index (χ2v) is 3.46. The normalized spacial score (nSPS) is 13.3. The summed E-state index contributed by atoms with van der Waals surface area (Å²) in [5.41, 5.74) is 0. The Morgan fingerprint density at radius 3 is 2.42 bits per heavy atom. The quantitative estimate of drug-likeness (QED) is 0.669. The monoisotopic (exact) mass is 174 g/mol. The molecule has 0 heterocycles. The summed E-state index contributed by atoms with van der Waals surface area (Å²) in [6, 6.07) is 0. The third-order valence-electron chi connectivity index (χ3n) is 1.56. The van der Waals surface area contributed by atoms with Crippen molar-refractivity contribution in [3.63, 3.8) is 0 Å². The molecule has 0 saturated heterocycles. The number of aliphatic carboxylic acids is 1. The maximum absolute atomic E-state index is 10.2. The highest BCUT2D eigenvalue weighted by atomic mass is 16.5. The standard InChI is InChI=1S/C9H18O3/c1-7(2)4-5-12-8(3)6-9(10)11/h7-8H,4-6H2,1-3H3,(H,10,11)/t8-/m1/s1. The molecule has 0 aliphatic heterocycles. The molecule has 3 heteroatoms. The Hall–Kier alpha value is -0.570. The molecule has 0 unspecified atom stereocenters. The second-order valence-electron chi connectivity index (χ2n) is 3.46. The maximum atomic E-state index is 10.2. The number of ether oxygens (including phenoxy) is 1. The predicted octanol–water partition coefficient (Wildman–Crippen LogP) is 1.91. The first kappa shape index (κ1) is 11.4. The Labute approximate surface area is 73.7 Å². The number of hydrogen-bond acceptors (Lipinski definition) is 2. The molecule has 0 saturated carbocycles. The minimum Gasteiger partial charge on any atom is -0.481 e. The van der Waals surface area contributed by atoms with Crippen LogP contribution in [0.5, 0.6) is 0 Å². The highest BCUT2D eigenvalue weighted by Gasteiger charge is 2.07. The summed E-state index contributed by atoms with van der Waals surface area (Å²) in [4.78, 5) is 10.2. The highest BCUT2D eigenvalue weighted by molar-refractivity contribution is 5.67. The van der Waals surface area contributed by atoms with Crippen LogP contribution in [0, 0.1) is 5.92 Å². The van der Waals surface area contributed by atoms with Gasteiger partial charge in [-0.1, -0.05) is 13.8 Å². The van der Waals surface area contributed by atoms with Crippen molar-refractivity contribution in [3.05, 3.63) is 0 Å². The molecule has 0 aliphatic carbocycles. The predicted molar refractivity (Wildman–Crippen MR) is 47.1 cm³/mol. The average Bonchev–Trinajstić information content (AvgIpc) is 1.84. The van der Waals surface area contributed by atoms with Gasteiger partial charge in [0.25, 0.3) is 0 Å². The highest BCUT2D eigenvalue weighted by Crippen LogP contribution is 2.03. The fourth-order valence-electron chi connectivity index (χ4n) is 0.810. The molecule has 0 bridgehead atoms. The lowest BCUT2D eigenvalue weighted by atomic mass is 10.1. The molecular formula is C9H18O3. The van der Waals surface area contributed by atoms with Crippen LogP contribution in [-0.4, -0.2) is 23.8 Å². The third kappa shape index (κ3) is 7.54. The van der Waals surface area contributed by atoms with Crippen molar-refractivity contribution < 1.29 is 14.6 Å². The summed E-state index contributed by atoms with van der Waals surface area (Å²) in [7, 11) is 0. The van der Waals surface area contributed by atoms with Gasteiger partial charge in [0.2, 0.25) is 0 Å². The van der Waals surface area contributed by atoms with Gasteiger partial charge in [0.15, 0.2) is 0 Å². The Morgan fingerprint density at radius 1 is 1.42 bits per heavy atom. The van der Waals surface area contributed by atoms with Crippen molar-refractivity contribution >= 4 is 5.97 Å². The molecule has 0 aromatic heterocycles. The molecule has 0 aromatic rings. The maximum Gasteiger partial charge on any atom is 0.305 e. The van der Waals surface area contributed by atoms with Gasteiger partial charge in [-0.25, -0.2) is 0 Å². The van der Waals surface area contributed by atoms with Crippen molar-refractivity contribution in [2.75, 3.05) is 6.61 Å². The van der Waals surface area contributed by atoms with E-state index in [4.69, 9.17) is 9.84 Å². The van der Waals surface area contributed by atoms with Gasteiger partial charge < -0.3 is 9.84 Å². The summed E-state index contributed by atoms with van der Waals surface area (Å²) in [5.74, 6) is -0.186. The largest absolute Gasteiger partial charge is 0.481 e. The summed E-state index contributed by atoms with van der Waals surface area (Å²) < 4.78 is 5.28. The number of carboxylic acid groups (broad SMARTS) is 1. The number of carbonyl (C=O) groups is 1. The van der Waals surface area contributed by atoms with E-state index in [1.165, 1.54) is 0 Å². The van der Waals surface area contributed by atoms with Gasteiger partial charge in [0.1, 0.15) is 0 Å². The Morgan fingerprint density at radius 2 is 2.00 bits per heavy atom. The van der Waals surface area contributed by atoms with Crippen LogP contribution in [0.4, 0.5) is 0 Å². The molecule has 0 aromatic carbocycles. The second kappa shape index (κ2) is 6.00. The third-order valence-corrected chi connectivity index (χ3v) is 1.56. The first-order chi connectivity index (χ1) is 5.52. The molecule has 72 valence electrons. The zero-order valence-corrected chi connectivity index (χ0v) is 8.04. The Kier molecular flexibility index (Phi) is 5.72. The van der Waals surface area contributed by atoms with E-state index in [2.05, 4.69) is 13.8 Å². The van der Waals surface area contributed by atoms with Crippen molar-refractivity contribution in [1.29, 1.82) is 0 Å². The van der Waals surface area contributed by atoms with E-state index in [9.17, 15) is 4.79 Å². The van der Waals surface area contributed by atoms with Gasteiger partial charge in [0.05, 0.1) is 12.5 Å². The molecule has 0 fully saturated rings. The smallest absolute Gasteiger partial charge is 0.305 e. The van der Waals surface area contributed by atoms with Gasteiger partial charge in [-0.2, -0.15) is 0 Å². The van der Waals surface area contributed by atoms with Crippen LogP contribution in [0.3, 0.4) is 0 Å². The van der Waals surface area contributed by atoms with Crippen molar-refractivity contribution in [1.82, 2.24) is 0 Å². The molecule has 0 rings (SSSR count). The zero-order chi connectivity index (χ0) is 9.56. The molecular weight excluding hydrogens is 156 g/mol. The van der Waals surface area contributed by atoms with Crippen molar-refractivity contribution in [2.24, 2.45) is 5.92 Å². The van der Waals surface area contributed by atoms with E-state index < -0.39 is 5.97 Å². The van der Waals surface area contributed by atoms with Gasteiger partial charge in [-0.15, -0.1) is 0 Å². The van der Waals surface area contributed by atoms with Crippen LogP contribution in [0.25, 0.3) is 0 Å². The van der Waals surface area contributed by atoms with Crippen LogP contribution in [-0.2, 0) is 9.53 Å². The van der Waals surface area contributed by atoms with E-state index in [1.807, 2.05) is 0 Å². The number of hydrogen-bond donors (Lipinski definition) is 1. The molecule has 1 N–H and O–H groups in total. The molecule has 3 nitrogen and oxygen atoms in total.